The van der Waals surface area contributed by atoms with Gasteiger partial charge in [0.15, 0.2) is 0 Å². The lowest BCUT2D eigenvalue weighted by molar-refractivity contribution is 0.117. The van der Waals surface area contributed by atoms with Crippen LogP contribution in [0.4, 0.5) is 0 Å². The van der Waals surface area contributed by atoms with Crippen LogP contribution >= 0.6 is 0 Å². The molecule has 0 fully saturated rings. The van der Waals surface area contributed by atoms with Gasteiger partial charge in [-0.15, -0.1) is 0 Å². The lowest BCUT2D eigenvalue weighted by Crippen LogP contribution is -2.18. The van der Waals surface area contributed by atoms with Gasteiger partial charge < -0.3 is 10.5 Å². The lowest BCUT2D eigenvalue weighted by atomic mass is 10.0. The Kier molecular flexibility index (Phi) is 6.12. The number of nitrogens with two attached hydrogens (primary N) is 1. The third-order valence-corrected chi connectivity index (χ3v) is 2.78. The molecule has 0 spiro atoms. The Labute approximate surface area is 98.8 Å². The lowest BCUT2D eigenvalue weighted by Gasteiger charge is -2.14. The summed E-state index contributed by atoms with van der Waals surface area (Å²) in [5.74, 6) is 0. The van der Waals surface area contributed by atoms with Crippen molar-refractivity contribution < 1.29 is 4.74 Å². The molecule has 1 rings (SSSR count). The molecule has 0 aliphatic carbocycles. The van der Waals surface area contributed by atoms with Crippen LogP contribution in [0.3, 0.4) is 0 Å². The van der Waals surface area contributed by atoms with Gasteiger partial charge in [0.25, 0.3) is 0 Å². The molecule has 1 unspecified atom stereocenters. The number of hydrogen-bond donors (Lipinski definition) is 1. The van der Waals surface area contributed by atoms with Crippen molar-refractivity contribution >= 4 is 0 Å². The van der Waals surface area contributed by atoms with Crippen LogP contribution in [0, 0.1) is 6.92 Å². The molecule has 0 bridgehead atoms. The molecule has 0 aliphatic rings. The van der Waals surface area contributed by atoms with Gasteiger partial charge in [-0.1, -0.05) is 44.0 Å². The molecule has 1 atom stereocenters. The Morgan fingerprint density at radius 2 is 2.00 bits per heavy atom. The summed E-state index contributed by atoms with van der Waals surface area (Å²) >= 11 is 0. The summed E-state index contributed by atoms with van der Waals surface area (Å²) < 4.78 is 5.58. The summed E-state index contributed by atoms with van der Waals surface area (Å²) in [4.78, 5) is 0. The van der Waals surface area contributed by atoms with Crippen molar-refractivity contribution in [1.82, 2.24) is 0 Å². The summed E-state index contributed by atoms with van der Waals surface area (Å²) in [6.45, 7) is 5.73. The van der Waals surface area contributed by atoms with Gasteiger partial charge in [-0.2, -0.15) is 0 Å². The highest BCUT2D eigenvalue weighted by Crippen LogP contribution is 2.15. The minimum atomic E-state index is 0.00262. The van der Waals surface area contributed by atoms with Crippen molar-refractivity contribution in [1.29, 1.82) is 0 Å². The Morgan fingerprint density at radius 1 is 1.25 bits per heavy atom. The van der Waals surface area contributed by atoms with Crippen LogP contribution in [0.15, 0.2) is 24.3 Å². The van der Waals surface area contributed by atoms with Crippen LogP contribution in [0.25, 0.3) is 0 Å². The number of aryl methyl sites for hydroxylation is 1. The zero-order valence-corrected chi connectivity index (χ0v) is 10.4. The summed E-state index contributed by atoms with van der Waals surface area (Å²) in [6, 6.07) is 8.23. The standard InChI is InChI=1S/C14H23NO/c1-3-4-7-10-16-11-14(15)13-9-6-5-8-12(13)2/h5-6,8-9,14H,3-4,7,10-11,15H2,1-2H3. The average molecular weight is 221 g/mol. The second-order valence-corrected chi connectivity index (χ2v) is 4.25. The van der Waals surface area contributed by atoms with Crippen LogP contribution in [0.1, 0.15) is 43.4 Å². The van der Waals surface area contributed by atoms with Gasteiger partial charge in [0.05, 0.1) is 12.6 Å². The fraction of sp³-hybridized carbons (Fsp3) is 0.571. The number of benzene rings is 1. The predicted octanol–water partition coefficient (Wildman–Crippen LogP) is 3.20. The van der Waals surface area contributed by atoms with Crippen molar-refractivity contribution in [2.24, 2.45) is 5.73 Å². The van der Waals surface area contributed by atoms with Crippen LogP contribution in [-0.2, 0) is 4.74 Å². The van der Waals surface area contributed by atoms with Crippen molar-refractivity contribution in [2.75, 3.05) is 13.2 Å². The Hall–Kier alpha value is -0.860. The molecule has 16 heavy (non-hydrogen) atoms. The molecule has 0 heterocycles. The van der Waals surface area contributed by atoms with Gasteiger partial charge in [0, 0.05) is 6.61 Å². The largest absolute Gasteiger partial charge is 0.379 e. The number of rotatable bonds is 7. The van der Waals surface area contributed by atoms with E-state index in [-0.39, 0.29) is 6.04 Å². The van der Waals surface area contributed by atoms with Crippen LogP contribution in [0.5, 0.6) is 0 Å². The molecular formula is C14H23NO. The Balaban J connectivity index is 2.30. The molecule has 1 aromatic carbocycles. The molecule has 0 saturated heterocycles. The number of ether oxygens (including phenoxy) is 1. The normalized spacial score (nSPS) is 12.7. The monoisotopic (exact) mass is 221 g/mol. The van der Waals surface area contributed by atoms with Crippen molar-refractivity contribution in [3.63, 3.8) is 0 Å². The topological polar surface area (TPSA) is 35.2 Å². The fourth-order valence-corrected chi connectivity index (χ4v) is 1.76. The maximum absolute atomic E-state index is 6.09. The first-order chi connectivity index (χ1) is 7.75. The summed E-state index contributed by atoms with van der Waals surface area (Å²) in [5.41, 5.74) is 8.52. The van der Waals surface area contributed by atoms with E-state index in [4.69, 9.17) is 10.5 Å². The van der Waals surface area contributed by atoms with E-state index < -0.39 is 0 Å². The fourth-order valence-electron chi connectivity index (χ4n) is 1.76. The van der Waals surface area contributed by atoms with E-state index in [1.807, 2.05) is 12.1 Å². The van der Waals surface area contributed by atoms with Gasteiger partial charge in [0.2, 0.25) is 0 Å². The highest BCUT2D eigenvalue weighted by Gasteiger charge is 2.07. The summed E-state index contributed by atoms with van der Waals surface area (Å²) in [6.07, 6.45) is 3.60. The molecule has 0 aliphatic heterocycles. The molecule has 2 nitrogen and oxygen atoms in total. The quantitative estimate of drug-likeness (QED) is 0.718. The van der Waals surface area contributed by atoms with E-state index in [1.54, 1.807) is 0 Å². The van der Waals surface area contributed by atoms with Crippen molar-refractivity contribution in [2.45, 2.75) is 39.2 Å². The van der Waals surface area contributed by atoms with Gasteiger partial charge in [0.1, 0.15) is 0 Å². The molecule has 2 N–H and O–H groups in total. The van der Waals surface area contributed by atoms with Gasteiger partial charge in [-0.05, 0) is 24.5 Å². The first-order valence-electron chi connectivity index (χ1n) is 6.14. The summed E-state index contributed by atoms with van der Waals surface area (Å²) in [7, 11) is 0. The van der Waals surface area contributed by atoms with E-state index in [9.17, 15) is 0 Å². The SMILES string of the molecule is CCCCCOCC(N)c1ccccc1C. The van der Waals surface area contributed by atoms with E-state index in [2.05, 4.69) is 26.0 Å². The molecule has 2 heteroatoms. The highest BCUT2D eigenvalue weighted by atomic mass is 16.5. The average Bonchev–Trinajstić information content (AvgIpc) is 2.29. The molecule has 1 aromatic rings. The van der Waals surface area contributed by atoms with Crippen molar-refractivity contribution in [3.8, 4) is 0 Å². The van der Waals surface area contributed by atoms with Crippen molar-refractivity contribution in [3.05, 3.63) is 35.4 Å². The van der Waals surface area contributed by atoms with E-state index in [0.29, 0.717) is 6.61 Å². The van der Waals surface area contributed by atoms with E-state index in [0.717, 1.165) is 13.0 Å². The second kappa shape index (κ2) is 7.42. The molecule has 90 valence electrons. The maximum Gasteiger partial charge on any atom is 0.0659 e. The van der Waals surface area contributed by atoms with Crippen LogP contribution < -0.4 is 5.73 Å². The molecule has 0 saturated carbocycles. The van der Waals surface area contributed by atoms with Gasteiger partial charge in [-0.3, -0.25) is 0 Å². The van der Waals surface area contributed by atoms with Gasteiger partial charge >= 0.3 is 0 Å². The number of unbranched alkanes of at least 4 members (excludes halogenated alkanes) is 2. The minimum absolute atomic E-state index is 0.00262. The second-order valence-electron chi connectivity index (χ2n) is 4.25. The van der Waals surface area contributed by atoms with E-state index in [1.165, 1.54) is 24.0 Å². The third kappa shape index (κ3) is 4.33. The van der Waals surface area contributed by atoms with Gasteiger partial charge in [-0.25, -0.2) is 0 Å². The molecule has 0 radical (unpaired) electrons. The maximum atomic E-state index is 6.09. The predicted molar refractivity (Wildman–Crippen MR) is 68.5 cm³/mol. The first-order valence-corrected chi connectivity index (χ1v) is 6.14. The number of hydrogen-bond acceptors (Lipinski definition) is 2. The zero-order chi connectivity index (χ0) is 11.8. The molecular weight excluding hydrogens is 198 g/mol. The van der Waals surface area contributed by atoms with E-state index >= 15 is 0 Å². The Bertz CT molecular complexity index is 299. The molecule has 0 amide bonds. The minimum Gasteiger partial charge on any atom is -0.379 e. The first kappa shape index (κ1) is 13.2. The Morgan fingerprint density at radius 3 is 2.69 bits per heavy atom. The highest BCUT2D eigenvalue weighted by molar-refractivity contribution is 5.28. The van der Waals surface area contributed by atoms with Crippen LogP contribution in [0.2, 0.25) is 0 Å². The smallest absolute Gasteiger partial charge is 0.0659 e. The third-order valence-electron chi connectivity index (χ3n) is 2.78. The van der Waals surface area contributed by atoms with Crippen LogP contribution in [-0.4, -0.2) is 13.2 Å². The molecule has 0 aromatic heterocycles. The zero-order valence-electron chi connectivity index (χ0n) is 10.4. The summed E-state index contributed by atoms with van der Waals surface area (Å²) in [5, 5.41) is 0.